The number of carbonyl (C=O) groups is 2. The van der Waals surface area contributed by atoms with E-state index in [4.69, 9.17) is 0 Å². The lowest BCUT2D eigenvalue weighted by molar-refractivity contribution is -0.137. The summed E-state index contributed by atoms with van der Waals surface area (Å²) in [6.45, 7) is 0.908. The lowest BCUT2D eigenvalue weighted by Crippen LogP contribution is -2.30. The molecule has 0 heterocycles. The molecule has 0 atom stereocenters. The number of benzene rings is 2. The standard InChI is InChI=1S/C20H20F3N3O2.ClH/c21-20(22,23)14-4-3-5-15(10-14)25-19(28)16-6-1-2-7-17(16)26-18(27)12-24-11-13-8-9-13;/h1-7,10,13,24H,8-9,11-12H2,(H,25,28)(H,26,27);1H. The Morgan fingerprint density at radius 1 is 1.00 bits per heavy atom. The van der Waals surface area contributed by atoms with Gasteiger partial charge >= 0.3 is 6.18 Å². The molecule has 0 radical (unpaired) electrons. The monoisotopic (exact) mass is 427 g/mol. The third-order valence-electron chi connectivity index (χ3n) is 4.31. The van der Waals surface area contributed by atoms with Gasteiger partial charge in [0.1, 0.15) is 0 Å². The van der Waals surface area contributed by atoms with E-state index in [1.807, 2.05) is 0 Å². The zero-order valence-electron chi connectivity index (χ0n) is 15.4. The Morgan fingerprint density at radius 2 is 1.72 bits per heavy atom. The topological polar surface area (TPSA) is 70.2 Å². The van der Waals surface area contributed by atoms with Crippen molar-refractivity contribution in [2.45, 2.75) is 19.0 Å². The van der Waals surface area contributed by atoms with Crippen LogP contribution in [0.5, 0.6) is 0 Å². The van der Waals surface area contributed by atoms with Crippen molar-refractivity contribution in [1.29, 1.82) is 0 Å². The second kappa shape index (κ2) is 9.76. The summed E-state index contributed by atoms with van der Waals surface area (Å²) in [5.74, 6) is -0.264. The second-order valence-electron chi connectivity index (χ2n) is 6.70. The van der Waals surface area contributed by atoms with Crippen molar-refractivity contribution < 1.29 is 22.8 Å². The van der Waals surface area contributed by atoms with E-state index in [0.717, 1.165) is 18.7 Å². The fourth-order valence-corrected chi connectivity index (χ4v) is 2.67. The predicted molar refractivity (Wildman–Crippen MR) is 107 cm³/mol. The molecular formula is C20H21ClF3N3O2. The molecule has 3 N–H and O–H groups in total. The first kappa shape index (κ1) is 22.7. The van der Waals surface area contributed by atoms with Crippen LogP contribution in [-0.4, -0.2) is 24.9 Å². The average molecular weight is 428 g/mol. The molecule has 0 bridgehead atoms. The normalized spacial score (nSPS) is 13.3. The first-order chi connectivity index (χ1) is 13.3. The summed E-state index contributed by atoms with van der Waals surface area (Å²) in [5, 5.41) is 8.17. The molecule has 1 aliphatic rings. The van der Waals surface area contributed by atoms with Crippen LogP contribution < -0.4 is 16.0 Å². The van der Waals surface area contributed by atoms with Gasteiger partial charge in [0.25, 0.3) is 5.91 Å². The number of hydrogen-bond donors (Lipinski definition) is 3. The number of hydrogen-bond acceptors (Lipinski definition) is 3. The fourth-order valence-electron chi connectivity index (χ4n) is 2.67. The number of rotatable bonds is 7. The molecule has 3 rings (SSSR count). The summed E-state index contributed by atoms with van der Waals surface area (Å²) in [5.41, 5.74) is -0.374. The molecule has 156 valence electrons. The molecule has 1 aliphatic carbocycles. The van der Waals surface area contributed by atoms with Gasteiger partial charge in [0.05, 0.1) is 23.4 Å². The van der Waals surface area contributed by atoms with Crippen molar-refractivity contribution in [3.63, 3.8) is 0 Å². The van der Waals surface area contributed by atoms with E-state index in [1.54, 1.807) is 18.2 Å². The van der Waals surface area contributed by atoms with E-state index in [1.165, 1.54) is 31.0 Å². The molecule has 0 spiro atoms. The molecule has 0 unspecified atom stereocenters. The van der Waals surface area contributed by atoms with Crippen LogP contribution in [-0.2, 0) is 11.0 Å². The van der Waals surface area contributed by atoms with Gasteiger partial charge in [-0.25, -0.2) is 0 Å². The van der Waals surface area contributed by atoms with Crippen molar-refractivity contribution in [3.8, 4) is 0 Å². The Morgan fingerprint density at radius 3 is 2.41 bits per heavy atom. The zero-order valence-corrected chi connectivity index (χ0v) is 16.2. The van der Waals surface area contributed by atoms with Crippen LogP contribution in [0.4, 0.5) is 24.5 Å². The zero-order chi connectivity index (χ0) is 20.1. The van der Waals surface area contributed by atoms with E-state index in [-0.39, 0.29) is 36.1 Å². The predicted octanol–water partition coefficient (Wildman–Crippen LogP) is 4.32. The maximum atomic E-state index is 12.8. The van der Waals surface area contributed by atoms with Gasteiger partial charge in [0.2, 0.25) is 5.91 Å². The Hall–Kier alpha value is -2.58. The molecule has 2 aromatic rings. The maximum Gasteiger partial charge on any atom is 0.416 e. The number of alkyl halides is 3. The van der Waals surface area contributed by atoms with Crippen molar-refractivity contribution in [2.75, 3.05) is 23.7 Å². The van der Waals surface area contributed by atoms with Crippen LogP contribution >= 0.6 is 12.4 Å². The Bertz CT molecular complexity index is 870. The third kappa shape index (κ3) is 6.76. The number of anilines is 2. The highest BCUT2D eigenvalue weighted by molar-refractivity contribution is 6.10. The van der Waals surface area contributed by atoms with Gasteiger partial charge in [-0.1, -0.05) is 18.2 Å². The van der Waals surface area contributed by atoms with Gasteiger partial charge in [0, 0.05) is 5.69 Å². The van der Waals surface area contributed by atoms with Crippen molar-refractivity contribution in [2.24, 2.45) is 5.92 Å². The van der Waals surface area contributed by atoms with Crippen LogP contribution in [0.15, 0.2) is 48.5 Å². The van der Waals surface area contributed by atoms with E-state index >= 15 is 0 Å². The Kier molecular flexibility index (Phi) is 7.64. The van der Waals surface area contributed by atoms with Crippen LogP contribution in [0.1, 0.15) is 28.8 Å². The molecule has 0 aromatic heterocycles. The van der Waals surface area contributed by atoms with Crippen LogP contribution in [0.25, 0.3) is 0 Å². The number of nitrogens with one attached hydrogen (secondary N) is 3. The molecule has 29 heavy (non-hydrogen) atoms. The van der Waals surface area contributed by atoms with Gasteiger partial charge in [-0.05, 0) is 55.6 Å². The van der Waals surface area contributed by atoms with E-state index in [9.17, 15) is 22.8 Å². The summed E-state index contributed by atoms with van der Waals surface area (Å²) < 4.78 is 38.5. The van der Waals surface area contributed by atoms with E-state index in [0.29, 0.717) is 11.6 Å². The van der Waals surface area contributed by atoms with Gasteiger partial charge in [-0.15, -0.1) is 12.4 Å². The SMILES string of the molecule is Cl.O=C(CNCC1CC1)Nc1ccccc1C(=O)Nc1cccc(C(F)(F)F)c1. The first-order valence-electron chi connectivity index (χ1n) is 8.91. The van der Waals surface area contributed by atoms with Gasteiger partial charge in [0.15, 0.2) is 0 Å². The molecule has 0 aliphatic heterocycles. The van der Waals surface area contributed by atoms with Gasteiger partial charge in [-0.2, -0.15) is 13.2 Å². The van der Waals surface area contributed by atoms with Crippen LogP contribution in [0.3, 0.4) is 0 Å². The highest BCUT2D eigenvalue weighted by Crippen LogP contribution is 2.31. The number of halogens is 4. The lowest BCUT2D eigenvalue weighted by atomic mass is 10.1. The minimum absolute atomic E-state index is 0. The molecule has 0 saturated heterocycles. The summed E-state index contributed by atoms with van der Waals surface area (Å²) in [6.07, 6.45) is -2.15. The lowest BCUT2D eigenvalue weighted by Gasteiger charge is -2.13. The van der Waals surface area contributed by atoms with Crippen molar-refractivity contribution in [3.05, 3.63) is 59.7 Å². The number of para-hydroxylation sites is 1. The highest BCUT2D eigenvalue weighted by Gasteiger charge is 2.30. The summed E-state index contributed by atoms with van der Waals surface area (Å²) in [6, 6.07) is 10.7. The Balaban J connectivity index is 0.00000300. The van der Waals surface area contributed by atoms with Crippen molar-refractivity contribution >= 4 is 35.6 Å². The smallest absolute Gasteiger partial charge is 0.324 e. The fraction of sp³-hybridized carbons (Fsp3) is 0.300. The van der Waals surface area contributed by atoms with Gasteiger partial charge < -0.3 is 16.0 Å². The molecule has 2 aromatic carbocycles. The average Bonchev–Trinajstić information content (AvgIpc) is 3.46. The van der Waals surface area contributed by atoms with Crippen LogP contribution in [0.2, 0.25) is 0 Å². The molecular weight excluding hydrogens is 407 g/mol. The summed E-state index contributed by atoms with van der Waals surface area (Å²) >= 11 is 0. The molecule has 9 heteroatoms. The largest absolute Gasteiger partial charge is 0.416 e. The van der Waals surface area contributed by atoms with E-state index < -0.39 is 17.6 Å². The number of carbonyl (C=O) groups excluding carboxylic acids is 2. The highest BCUT2D eigenvalue weighted by atomic mass is 35.5. The molecule has 1 fully saturated rings. The molecule has 5 nitrogen and oxygen atoms in total. The summed E-state index contributed by atoms with van der Waals surface area (Å²) in [7, 11) is 0. The third-order valence-corrected chi connectivity index (χ3v) is 4.31. The van der Waals surface area contributed by atoms with Gasteiger partial charge in [-0.3, -0.25) is 9.59 Å². The quantitative estimate of drug-likeness (QED) is 0.616. The minimum atomic E-state index is -4.50. The number of amides is 2. The molecule has 1 saturated carbocycles. The van der Waals surface area contributed by atoms with Crippen LogP contribution in [0, 0.1) is 5.92 Å². The van der Waals surface area contributed by atoms with E-state index in [2.05, 4.69) is 16.0 Å². The molecule has 2 amide bonds. The summed E-state index contributed by atoms with van der Waals surface area (Å²) in [4.78, 5) is 24.6. The minimum Gasteiger partial charge on any atom is -0.324 e. The maximum absolute atomic E-state index is 12.8. The first-order valence-corrected chi connectivity index (χ1v) is 8.91. The van der Waals surface area contributed by atoms with Crippen molar-refractivity contribution in [1.82, 2.24) is 5.32 Å². The Labute approximate surface area is 172 Å². The second-order valence-corrected chi connectivity index (χ2v) is 6.70.